The average molecular weight is 1780 g/mol. The second-order valence-electron chi connectivity index (χ2n) is 33.4. The van der Waals surface area contributed by atoms with E-state index in [0.29, 0.717) is 45.6 Å². The minimum absolute atomic E-state index is 0.571. The fourth-order valence-electron chi connectivity index (χ4n) is 19.4. The topological polar surface area (TPSA) is 200 Å². The first-order valence-corrected chi connectivity index (χ1v) is 45.3. The van der Waals surface area contributed by atoms with Crippen molar-refractivity contribution in [2.75, 3.05) is 14.7 Å². The Morgan fingerprint density at radius 2 is 0.420 bits per heavy atom. The summed E-state index contributed by atoms with van der Waals surface area (Å²) in [7, 11) is 0. The van der Waals surface area contributed by atoms with E-state index in [9.17, 15) is 15.8 Å². The largest absolute Gasteiger partial charge is 0.311 e. The van der Waals surface area contributed by atoms with E-state index in [1.54, 1.807) is 0 Å². The van der Waals surface area contributed by atoms with Crippen LogP contribution in [-0.4, -0.2) is 70.0 Å². The van der Waals surface area contributed by atoms with Crippen LogP contribution in [0, 0.1) is 34.0 Å². The van der Waals surface area contributed by atoms with Crippen molar-refractivity contribution < 1.29 is 0 Å². The molecule has 0 radical (unpaired) electrons. The van der Waals surface area contributed by atoms with Crippen LogP contribution in [0.1, 0.15) is 16.7 Å². The van der Waals surface area contributed by atoms with Crippen molar-refractivity contribution in [2.24, 2.45) is 0 Å². The molecule has 9 heterocycles. The summed E-state index contributed by atoms with van der Waals surface area (Å²) in [5, 5.41) is 29.8. The number of benzene rings is 18. The maximum atomic E-state index is 9.98. The molecule has 0 fully saturated rings. The molecule has 0 saturated heterocycles. The molecule has 0 amide bonds. The van der Waals surface area contributed by atoms with E-state index >= 15 is 0 Å². The predicted molar refractivity (Wildman–Crippen MR) is 552 cm³/mol. The molecule has 0 aliphatic rings. The lowest BCUT2D eigenvalue weighted by atomic mass is 10.1. The third-order valence-electron chi connectivity index (χ3n) is 25.4. The second kappa shape index (κ2) is 33.5. The molecular weight excluding hydrogens is 1700 g/mol. The van der Waals surface area contributed by atoms with Crippen molar-refractivity contribution in [3.05, 3.63) is 472 Å². The number of anilines is 9. The molecule has 9 aromatic heterocycles. The Morgan fingerprint density at radius 3 is 0.739 bits per heavy atom. The summed E-state index contributed by atoms with van der Waals surface area (Å²) in [6.07, 6.45) is 0. The number of hydrogen-bond acceptors (Lipinski definition) is 12. The van der Waals surface area contributed by atoms with E-state index < -0.39 is 0 Å². The Kier molecular flexibility index (Phi) is 19.4. The Balaban J connectivity index is 0.000000110. The van der Waals surface area contributed by atoms with Gasteiger partial charge in [-0.05, 0) is 255 Å². The first-order chi connectivity index (χ1) is 68.4. The SMILES string of the molecule is N#Cc1ccc2c(c1)n1c3ccccc3nc1n(-c1ccc(N(c3ccccc3)c3ccccc3)cc1)c1nc3ccccc3n21.N#Cc1ccc2c(c1)n1c3ccccc3nc1n(-c1cccc(N(c3ccccc3)c3ccccc3)c1)c1nc3ccccc3n21.N#Cc1ccc2c(c1)n1c3ccccc3nc1n(-c1ccccc1N(c1ccccc1)c1ccccc1)c1nc3ccccc3n21. The van der Waals surface area contributed by atoms with Crippen LogP contribution in [0.3, 0.4) is 0 Å². The molecule has 21 nitrogen and oxygen atoms in total. The lowest BCUT2D eigenvalue weighted by Gasteiger charge is -2.28. The molecule has 0 N–H and O–H groups in total. The first kappa shape index (κ1) is 80.2. The lowest BCUT2D eigenvalue weighted by Crippen LogP contribution is -2.14. The van der Waals surface area contributed by atoms with Gasteiger partial charge in [0.25, 0.3) is 0 Å². The minimum atomic E-state index is 0.571. The van der Waals surface area contributed by atoms with Gasteiger partial charge < -0.3 is 14.7 Å². The first-order valence-electron chi connectivity index (χ1n) is 45.3. The molecule has 0 atom stereocenters. The summed E-state index contributed by atoms with van der Waals surface area (Å²) in [5.74, 6) is 4.20. The number of nitriles is 3. The van der Waals surface area contributed by atoms with Crippen molar-refractivity contribution >= 4 is 185 Å². The number of nitrogens with zero attached hydrogens (tertiary/aromatic N) is 21. The summed E-state index contributed by atoms with van der Waals surface area (Å²) >= 11 is 0. The fourth-order valence-corrected chi connectivity index (χ4v) is 19.4. The third kappa shape index (κ3) is 13.4. The van der Waals surface area contributed by atoms with Crippen LogP contribution >= 0.6 is 0 Å². The quantitative estimate of drug-likeness (QED) is 0.112. The molecule has 0 bridgehead atoms. The van der Waals surface area contributed by atoms with Gasteiger partial charge in [-0.25, -0.2) is 43.6 Å². The molecule has 27 aromatic rings. The monoisotopic (exact) mass is 1770 g/mol. The molecule has 27 rings (SSSR count). The minimum Gasteiger partial charge on any atom is -0.311 e. The Hall–Kier alpha value is -19.9. The van der Waals surface area contributed by atoms with Crippen LogP contribution in [0.4, 0.5) is 51.2 Å². The van der Waals surface area contributed by atoms with Gasteiger partial charge in [0.1, 0.15) is 0 Å². The van der Waals surface area contributed by atoms with E-state index in [0.717, 1.165) is 173 Å². The number of rotatable bonds is 12. The molecule has 648 valence electrons. The van der Waals surface area contributed by atoms with Gasteiger partial charge >= 0.3 is 0 Å². The van der Waals surface area contributed by atoms with Gasteiger partial charge in [-0.15, -0.1) is 0 Å². The zero-order valence-corrected chi connectivity index (χ0v) is 73.7. The molecule has 0 aliphatic carbocycles. The zero-order chi connectivity index (χ0) is 91.8. The molecule has 0 unspecified atom stereocenters. The van der Waals surface area contributed by atoms with Crippen LogP contribution in [0.5, 0.6) is 0 Å². The maximum absolute atomic E-state index is 9.98. The van der Waals surface area contributed by atoms with Crippen molar-refractivity contribution in [3.8, 4) is 35.3 Å². The highest BCUT2D eigenvalue weighted by Crippen LogP contribution is 2.44. The van der Waals surface area contributed by atoms with Crippen molar-refractivity contribution in [1.29, 1.82) is 15.8 Å². The number of aromatic nitrogens is 15. The standard InChI is InChI=1S/3C39H25N7/c40-26-27-23-24-36-37(25-27)45-33-20-10-8-18-31(33)42-39(45)46(38-41-30-17-7-9-19-32(30)44(36)38)35-22-12-11-21-34(35)43(28-13-3-1-4-14-28)29-15-5-2-6-16-29;40-26-27-22-23-36-37(24-27)46-35-21-10-8-19-33(35)42-39(46)44(38-41-32-18-7-9-20-34(32)45(36)38)31-17-11-16-30(25-31)43(28-12-3-1-4-13-28)29-14-5-2-6-15-29;40-26-27-19-24-36-37(25-27)46-35-18-10-8-16-33(35)42-39(46)44(38-41-32-15-7-9-17-34(32)45(36)38)31-22-20-30(21-23-31)43(28-11-3-1-4-12-28)29-13-5-2-6-14-29/h3*1-25H. The number of fused-ring (bicyclic) bond motifs is 27. The number of imidazole rings is 6. The van der Waals surface area contributed by atoms with Crippen LogP contribution in [0.15, 0.2) is 455 Å². The Labute approximate surface area is 787 Å². The fraction of sp³-hybridized carbons (Fsp3) is 0. The van der Waals surface area contributed by atoms with Gasteiger partial charge in [0.15, 0.2) is 0 Å². The van der Waals surface area contributed by atoms with Gasteiger partial charge in [0.05, 0.1) is 157 Å². The molecule has 138 heavy (non-hydrogen) atoms. The third-order valence-corrected chi connectivity index (χ3v) is 25.4. The Bertz CT molecular complexity index is 9610. The van der Waals surface area contributed by atoms with Crippen molar-refractivity contribution in [1.82, 2.24) is 70.0 Å². The van der Waals surface area contributed by atoms with Crippen LogP contribution in [0.2, 0.25) is 0 Å². The van der Waals surface area contributed by atoms with Gasteiger partial charge in [-0.3, -0.25) is 26.4 Å². The highest BCUT2D eigenvalue weighted by atomic mass is 15.3. The highest BCUT2D eigenvalue weighted by molar-refractivity contribution is 5.99. The van der Waals surface area contributed by atoms with Crippen molar-refractivity contribution in [2.45, 2.75) is 0 Å². The van der Waals surface area contributed by atoms with Gasteiger partial charge in [-0.1, -0.05) is 200 Å². The van der Waals surface area contributed by atoms with Crippen LogP contribution in [-0.2, 0) is 0 Å². The summed E-state index contributed by atoms with van der Waals surface area (Å²) in [4.78, 5) is 38.2. The van der Waals surface area contributed by atoms with E-state index in [1.165, 1.54) is 0 Å². The highest BCUT2D eigenvalue weighted by Gasteiger charge is 2.28. The normalized spacial score (nSPS) is 11.5. The lowest BCUT2D eigenvalue weighted by molar-refractivity contribution is 1.02. The van der Waals surface area contributed by atoms with Crippen LogP contribution < -0.4 is 14.7 Å². The second-order valence-corrected chi connectivity index (χ2v) is 33.4. The van der Waals surface area contributed by atoms with Gasteiger partial charge in [0, 0.05) is 45.5 Å². The van der Waals surface area contributed by atoms with E-state index in [4.69, 9.17) is 29.9 Å². The summed E-state index contributed by atoms with van der Waals surface area (Å²) in [5.41, 5.74) is 30.0. The summed E-state index contributed by atoms with van der Waals surface area (Å²) in [6, 6.07) is 161. The number of hydrogen-bond donors (Lipinski definition) is 0. The molecule has 0 aliphatic heterocycles. The van der Waals surface area contributed by atoms with E-state index in [-0.39, 0.29) is 0 Å². The molecule has 0 spiro atoms. The van der Waals surface area contributed by atoms with E-state index in [1.807, 2.05) is 200 Å². The molecule has 0 saturated carbocycles. The zero-order valence-electron chi connectivity index (χ0n) is 73.7. The molecule has 21 heteroatoms. The summed E-state index contributed by atoms with van der Waals surface area (Å²) < 4.78 is 19.4. The van der Waals surface area contributed by atoms with Crippen LogP contribution in [0.25, 0.3) is 151 Å². The smallest absolute Gasteiger partial charge is 0.223 e. The number of para-hydroxylation sites is 20. The summed E-state index contributed by atoms with van der Waals surface area (Å²) in [6.45, 7) is 0. The van der Waals surface area contributed by atoms with Gasteiger partial charge in [-0.2, -0.15) is 15.8 Å². The average Bonchev–Trinajstić information content (AvgIpc) is 1.56. The molecular formula is C117H75N21. The predicted octanol–water partition coefficient (Wildman–Crippen LogP) is 27.4. The Morgan fingerprint density at radius 1 is 0.174 bits per heavy atom. The molecule has 18 aromatic carbocycles. The van der Waals surface area contributed by atoms with Crippen molar-refractivity contribution in [3.63, 3.8) is 0 Å². The van der Waals surface area contributed by atoms with E-state index in [2.05, 4.69) is 328 Å². The van der Waals surface area contributed by atoms with Gasteiger partial charge in [0.2, 0.25) is 34.7 Å². The maximum Gasteiger partial charge on any atom is 0.223 e.